The molecule has 1 aliphatic rings. The molecule has 0 bridgehead atoms. The maximum Gasteiger partial charge on any atom is 0.0933 e. The number of pyridine rings is 1. The van der Waals surface area contributed by atoms with Crippen LogP contribution in [0.2, 0.25) is 0 Å². The minimum atomic E-state index is 0.175. The van der Waals surface area contributed by atoms with Crippen molar-refractivity contribution in [2.24, 2.45) is 0 Å². The molecular formula is C11H15BrN2O2. The van der Waals surface area contributed by atoms with Crippen LogP contribution in [0.25, 0.3) is 0 Å². The number of aromatic nitrogens is 1. The van der Waals surface area contributed by atoms with E-state index >= 15 is 0 Å². The quantitative estimate of drug-likeness (QED) is 0.908. The van der Waals surface area contributed by atoms with Gasteiger partial charge in [-0.1, -0.05) is 0 Å². The molecular weight excluding hydrogens is 272 g/mol. The zero-order valence-electron chi connectivity index (χ0n) is 8.99. The minimum Gasteiger partial charge on any atom is -0.376 e. The van der Waals surface area contributed by atoms with E-state index in [2.05, 4.69) is 32.3 Å². The van der Waals surface area contributed by atoms with Crippen molar-refractivity contribution in [1.82, 2.24) is 10.3 Å². The summed E-state index contributed by atoms with van der Waals surface area (Å²) in [6, 6.07) is 2.05. The van der Waals surface area contributed by atoms with Crippen LogP contribution in [-0.4, -0.2) is 37.5 Å². The van der Waals surface area contributed by atoms with Gasteiger partial charge in [-0.3, -0.25) is 4.98 Å². The Labute approximate surface area is 103 Å². The Hall–Kier alpha value is -0.490. The Balaban J connectivity index is 1.71. The third-order valence-corrected chi connectivity index (χ3v) is 2.78. The highest BCUT2D eigenvalue weighted by atomic mass is 79.9. The molecule has 2 heterocycles. The monoisotopic (exact) mass is 286 g/mol. The summed E-state index contributed by atoms with van der Waals surface area (Å²) in [5.74, 6) is 0. The van der Waals surface area contributed by atoms with E-state index < -0.39 is 0 Å². The van der Waals surface area contributed by atoms with E-state index in [4.69, 9.17) is 9.47 Å². The number of rotatable bonds is 4. The lowest BCUT2D eigenvalue weighted by Gasteiger charge is -2.23. The Kier molecular flexibility index (Phi) is 4.71. The molecule has 0 saturated carbocycles. The molecule has 1 unspecified atom stereocenters. The molecule has 1 aliphatic heterocycles. The van der Waals surface area contributed by atoms with Gasteiger partial charge < -0.3 is 14.8 Å². The van der Waals surface area contributed by atoms with Gasteiger partial charge in [0.15, 0.2) is 0 Å². The van der Waals surface area contributed by atoms with Crippen molar-refractivity contribution < 1.29 is 9.47 Å². The fourth-order valence-corrected chi connectivity index (χ4v) is 2.00. The van der Waals surface area contributed by atoms with E-state index in [1.807, 2.05) is 6.20 Å². The second kappa shape index (κ2) is 6.30. The van der Waals surface area contributed by atoms with Crippen molar-refractivity contribution in [3.05, 3.63) is 28.5 Å². The van der Waals surface area contributed by atoms with Gasteiger partial charge in [0.2, 0.25) is 0 Å². The molecule has 0 amide bonds. The van der Waals surface area contributed by atoms with Crippen molar-refractivity contribution in [1.29, 1.82) is 0 Å². The SMILES string of the molecule is Brc1cncc(CNCC2COCCO2)c1. The highest BCUT2D eigenvalue weighted by Gasteiger charge is 2.13. The fraction of sp³-hybridized carbons (Fsp3) is 0.545. The molecule has 88 valence electrons. The molecule has 0 aliphatic carbocycles. The lowest BCUT2D eigenvalue weighted by Crippen LogP contribution is -2.37. The molecule has 0 aromatic carbocycles. The maximum atomic E-state index is 5.53. The maximum absolute atomic E-state index is 5.53. The van der Waals surface area contributed by atoms with Gasteiger partial charge in [-0.2, -0.15) is 0 Å². The molecule has 4 nitrogen and oxygen atoms in total. The molecule has 1 saturated heterocycles. The molecule has 5 heteroatoms. The summed E-state index contributed by atoms with van der Waals surface area (Å²) < 4.78 is 11.9. The third-order valence-electron chi connectivity index (χ3n) is 2.35. The lowest BCUT2D eigenvalue weighted by molar-refractivity contribution is -0.0864. The Bertz CT molecular complexity index is 330. The smallest absolute Gasteiger partial charge is 0.0933 e. The third kappa shape index (κ3) is 3.83. The summed E-state index contributed by atoms with van der Waals surface area (Å²) in [6.45, 7) is 3.71. The number of ether oxygens (including phenoxy) is 2. The minimum absolute atomic E-state index is 0.175. The largest absolute Gasteiger partial charge is 0.376 e. The van der Waals surface area contributed by atoms with Crippen LogP contribution in [0.3, 0.4) is 0 Å². The number of nitrogens with zero attached hydrogens (tertiary/aromatic N) is 1. The van der Waals surface area contributed by atoms with E-state index in [-0.39, 0.29) is 6.10 Å². The van der Waals surface area contributed by atoms with Crippen LogP contribution in [0.15, 0.2) is 22.9 Å². The lowest BCUT2D eigenvalue weighted by atomic mass is 10.2. The van der Waals surface area contributed by atoms with Crippen LogP contribution in [0.1, 0.15) is 5.56 Å². The Morgan fingerprint density at radius 1 is 1.44 bits per heavy atom. The number of nitrogens with one attached hydrogen (secondary N) is 1. The second-order valence-electron chi connectivity index (χ2n) is 3.71. The zero-order chi connectivity index (χ0) is 11.2. The highest BCUT2D eigenvalue weighted by molar-refractivity contribution is 9.10. The second-order valence-corrected chi connectivity index (χ2v) is 4.63. The predicted molar refractivity (Wildman–Crippen MR) is 64.2 cm³/mol. The van der Waals surface area contributed by atoms with Gasteiger partial charge in [0.1, 0.15) is 0 Å². The van der Waals surface area contributed by atoms with E-state index in [1.54, 1.807) is 6.20 Å². The van der Waals surface area contributed by atoms with Gasteiger partial charge in [0, 0.05) is 30.0 Å². The van der Waals surface area contributed by atoms with E-state index in [9.17, 15) is 0 Å². The van der Waals surface area contributed by atoms with Crippen LogP contribution in [0.5, 0.6) is 0 Å². The molecule has 0 radical (unpaired) electrons. The van der Waals surface area contributed by atoms with Crippen LogP contribution in [0.4, 0.5) is 0 Å². The molecule has 0 spiro atoms. The first kappa shape index (κ1) is 12.0. The standard InChI is InChI=1S/C11H15BrN2O2/c12-10-3-9(4-13-6-10)5-14-7-11-8-15-1-2-16-11/h3-4,6,11,14H,1-2,5,7-8H2. The summed E-state index contributed by atoms with van der Waals surface area (Å²) in [5.41, 5.74) is 1.16. The van der Waals surface area contributed by atoms with Crippen LogP contribution < -0.4 is 5.32 Å². The van der Waals surface area contributed by atoms with E-state index in [0.29, 0.717) is 19.8 Å². The molecule has 2 rings (SSSR count). The normalized spacial score (nSPS) is 20.9. The Morgan fingerprint density at radius 3 is 3.12 bits per heavy atom. The highest BCUT2D eigenvalue weighted by Crippen LogP contribution is 2.09. The molecule has 1 N–H and O–H groups in total. The molecule has 16 heavy (non-hydrogen) atoms. The zero-order valence-corrected chi connectivity index (χ0v) is 10.6. The number of hydrogen-bond donors (Lipinski definition) is 1. The first-order chi connectivity index (χ1) is 7.84. The van der Waals surface area contributed by atoms with Gasteiger partial charge in [-0.05, 0) is 27.6 Å². The molecule has 1 fully saturated rings. The molecule has 1 atom stereocenters. The van der Waals surface area contributed by atoms with Gasteiger partial charge in [0.25, 0.3) is 0 Å². The topological polar surface area (TPSA) is 43.4 Å². The Morgan fingerprint density at radius 2 is 2.38 bits per heavy atom. The first-order valence-electron chi connectivity index (χ1n) is 5.34. The van der Waals surface area contributed by atoms with Crippen LogP contribution in [0, 0.1) is 0 Å². The summed E-state index contributed by atoms with van der Waals surface area (Å²) in [7, 11) is 0. The van der Waals surface area contributed by atoms with Crippen molar-refractivity contribution in [3.8, 4) is 0 Å². The summed E-state index contributed by atoms with van der Waals surface area (Å²) in [5, 5.41) is 3.33. The van der Waals surface area contributed by atoms with Gasteiger partial charge in [-0.15, -0.1) is 0 Å². The van der Waals surface area contributed by atoms with Crippen molar-refractivity contribution in [2.45, 2.75) is 12.6 Å². The predicted octanol–water partition coefficient (Wildman–Crippen LogP) is 1.35. The van der Waals surface area contributed by atoms with Crippen LogP contribution in [-0.2, 0) is 16.0 Å². The fourth-order valence-electron chi connectivity index (χ4n) is 1.58. The van der Waals surface area contributed by atoms with E-state index in [0.717, 1.165) is 23.1 Å². The van der Waals surface area contributed by atoms with Crippen LogP contribution >= 0.6 is 15.9 Å². The number of halogens is 1. The van der Waals surface area contributed by atoms with Crippen molar-refractivity contribution in [2.75, 3.05) is 26.4 Å². The summed E-state index contributed by atoms with van der Waals surface area (Å²) in [6.07, 6.45) is 3.81. The van der Waals surface area contributed by atoms with Gasteiger partial charge in [0.05, 0.1) is 25.9 Å². The number of hydrogen-bond acceptors (Lipinski definition) is 4. The average Bonchev–Trinajstić information content (AvgIpc) is 2.30. The van der Waals surface area contributed by atoms with Gasteiger partial charge >= 0.3 is 0 Å². The average molecular weight is 287 g/mol. The van der Waals surface area contributed by atoms with Crippen molar-refractivity contribution in [3.63, 3.8) is 0 Å². The van der Waals surface area contributed by atoms with E-state index in [1.165, 1.54) is 0 Å². The molecule has 1 aromatic heterocycles. The first-order valence-corrected chi connectivity index (χ1v) is 6.13. The summed E-state index contributed by atoms with van der Waals surface area (Å²) >= 11 is 3.40. The molecule has 1 aromatic rings. The van der Waals surface area contributed by atoms with Gasteiger partial charge in [-0.25, -0.2) is 0 Å². The van der Waals surface area contributed by atoms with Crippen molar-refractivity contribution >= 4 is 15.9 Å². The summed E-state index contributed by atoms with van der Waals surface area (Å²) in [4.78, 5) is 4.11.